The highest BCUT2D eigenvalue weighted by atomic mass is 32.2. The molecule has 1 N–H and O–H groups in total. The molecule has 0 bridgehead atoms. The molecule has 8 heteroatoms. The minimum atomic E-state index is -3.50. The summed E-state index contributed by atoms with van der Waals surface area (Å²) in [6, 6.07) is 13.1. The molecule has 0 aliphatic carbocycles. The normalized spacial score (nSPS) is 15.7. The molecular weight excluding hydrogens is 392 g/mol. The molecule has 2 aromatic carbocycles. The molecule has 0 spiro atoms. The zero-order chi connectivity index (χ0) is 20.9. The van der Waals surface area contributed by atoms with Gasteiger partial charge in [-0.15, -0.1) is 0 Å². The minimum absolute atomic E-state index is 0.154. The highest BCUT2D eigenvalue weighted by molar-refractivity contribution is 7.89. The van der Waals surface area contributed by atoms with E-state index in [4.69, 9.17) is 9.47 Å². The van der Waals surface area contributed by atoms with E-state index in [1.165, 1.54) is 16.4 Å². The lowest BCUT2D eigenvalue weighted by Gasteiger charge is -2.29. The molecule has 0 atom stereocenters. The van der Waals surface area contributed by atoms with Crippen molar-refractivity contribution in [1.29, 1.82) is 0 Å². The van der Waals surface area contributed by atoms with Crippen LogP contribution in [0.15, 0.2) is 53.4 Å². The lowest BCUT2D eigenvalue weighted by molar-refractivity contribution is -0.118. The van der Waals surface area contributed by atoms with Gasteiger partial charge < -0.3 is 14.8 Å². The predicted molar refractivity (Wildman–Crippen MR) is 111 cm³/mol. The number of nitrogens with one attached hydrogen (secondary N) is 1. The molecule has 1 amide bonds. The number of nitrogens with zero attached hydrogens (tertiary/aromatic N) is 1. The van der Waals surface area contributed by atoms with E-state index in [1.54, 1.807) is 43.5 Å². The number of ether oxygens (including phenoxy) is 2. The van der Waals surface area contributed by atoms with Crippen molar-refractivity contribution in [3.05, 3.63) is 48.5 Å². The van der Waals surface area contributed by atoms with Crippen LogP contribution in [-0.4, -0.2) is 45.4 Å². The van der Waals surface area contributed by atoms with Crippen LogP contribution in [0.5, 0.6) is 11.5 Å². The third-order valence-electron chi connectivity index (χ3n) is 4.95. The van der Waals surface area contributed by atoms with E-state index in [1.807, 2.05) is 0 Å². The van der Waals surface area contributed by atoms with Crippen LogP contribution in [-0.2, 0) is 14.8 Å². The van der Waals surface area contributed by atoms with Crippen molar-refractivity contribution in [2.24, 2.45) is 5.92 Å². The van der Waals surface area contributed by atoms with E-state index in [0.717, 1.165) is 12.8 Å². The molecule has 3 rings (SSSR count). The summed E-state index contributed by atoms with van der Waals surface area (Å²) in [4.78, 5) is 12.3. The van der Waals surface area contributed by atoms with E-state index in [-0.39, 0.29) is 17.4 Å². The molecule has 1 heterocycles. The number of hydrogen-bond donors (Lipinski definition) is 1. The molecule has 0 aromatic heterocycles. The molecule has 0 unspecified atom stereocenters. The largest absolute Gasteiger partial charge is 0.497 e. The maximum absolute atomic E-state index is 12.7. The lowest BCUT2D eigenvalue weighted by atomic mass is 10.0. The number of anilines is 1. The Morgan fingerprint density at radius 2 is 1.62 bits per heavy atom. The van der Waals surface area contributed by atoms with Crippen LogP contribution >= 0.6 is 0 Å². The summed E-state index contributed by atoms with van der Waals surface area (Å²) in [5.41, 5.74) is 0.513. The fourth-order valence-electron chi connectivity index (χ4n) is 3.10. The van der Waals surface area contributed by atoms with Gasteiger partial charge in [-0.05, 0) is 67.3 Å². The van der Waals surface area contributed by atoms with Crippen molar-refractivity contribution in [3.63, 3.8) is 0 Å². The predicted octanol–water partition coefficient (Wildman–Crippen LogP) is 3.13. The van der Waals surface area contributed by atoms with Gasteiger partial charge in [0.25, 0.3) is 5.91 Å². The lowest BCUT2D eigenvalue weighted by Crippen LogP contribution is -2.37. The molecule has 29 heavy (non-hydrogen) atoms. The van der Waals surface area contributed by atoms with Gasteiger partial charge in [0, 0.05) is 18.8 Å². The summed E-state index contributed by atoms with van der Waals surface area (Å²) in [6.45, 7) is 3.08. The van der Waals surface area contributed by atoms with Gasteiger partial charge in [-0.2, -0.15) is 4.31 Å². The molecule has 0 saturated carbocycles. The summed E-state index contributed by atoms with van der Waals surface area (Å²) in [7, 11) is -1.92. The number of piperidine rings is 1. The maximum Gasteiger partial charge on any atom is 0.262 e. The highest BCUT2D eigenvalue weighted by Gasteiger charge is 2.27. The summed E-state index contributed by atoms with van der Waals surface area (Å²) < 4.78 is 37.5. The zero-order valence-corrected chi connectivity index (χ0v) is 17.4. The van der Waals surface area contributed by atoms with Crippen LogP contribution in [0.3, 0.4) is 0 Å². The van der Waals surface area contributed by atoms with Crippen LogP contribution in [0.1, 0.15) is 19.8 Å². The second-order valence-electron chi connectivity index (χ2n) is 7.12. The Bertz CT molecular complexity index is 919. The average Bonchev–Trinajstić information content (AvgIpc) is 2.73. The van der Waals surface area contributed by atoms with Crippen molar-refractivity contribution in [3.8, 4) is 11.5 Å². The number of hydrogen-bond acceptors (Lipinski definition) is 5. The summed E-state index contributed by atoms with van der Waals surface area (Å²) >= 11 is 0. The molecule has 0 radical (unpaired) electrons. The fourth-order valence-corrected chi connectivity index (χ4v) is 4.57. The Labute approximate surface area is 171 Å². The van der Waals surface area contributed by atoms with Gasteiger partial charge >= 0.3 is 0 Å². The van der Waals surface area contributed by atoms with Gasteiger partial charge in [-0.3, -0.25) is 4.79 Å². The van der Waals surface area contributed by atoms with E-state index >= 15 is 0 Å². The monoisotopic (exact) mass is 418 g/mol. The molecule has 156 valence electrons. The molecule has 1 aliphatic heterocycles. The number of rotatable bonds is 7. The van der Waals surface area contributed by atoms with Crippen molar-refractivity contribution in [2.75, 3.05) is 32.1 Å². The van der Waals surface area contributed by atoms with Gasteiger partial charge in [0.05, 0.1) is 12.0 Å². The van der Waals surface area contributed by atoms with Crippen LogP contribution in [0, 0.1) is 5.92 Å². The topological polar surface area (TPSA) is 84.9 Å². The number of sulfonamides is 1. The molecular formula is C21H26N2O5S. The molecule has 1 fully saturated rings. The third-order valence-corrected chi connectivity index (χ3v) is 6.86. The quantitative estimate of drug-likeness (QED) is 0.747. The summed E-state index contributed by atoms with van der Waals surface area (Å²) in [5, 5.41) is 2.70. The molecule has 1 saturated heterocycles. The fraction of sp³-hybridized carbons (Fsp3) is 0.381. The Hall–Kier alpha value is -2.58. The smallest absolute Gasteiger partial charge is 0.262 e. The molecule has 2 aromatic rings. The number of carbonyl (C=O) groups excluding carboxylic acids is 1. The number of benzene rings is 2. The van der Waals surface area contributed by atoms with Crippen LogP contribution in [0.4, 0.5) is 5.69 Å². The third kappa shape index (κ3) is 5.48. The first-order valence-electron chi connectivity index (χ1n) is 9.55. The first-order chi connectivity index (χ1) is 13.9. The zero-order valence-electron chi connectivity index (χ0n) is 16.6. The summed E-state index contributed by atoms with van der Waals surface area (Å²) in [5.74, 6) is 1.48. The van der Waals surface area contributed by atoms with Crippen molar-refractivity contribution in [2.45, 2.75) is 24.7 Å². The van der Waals surface area contributed by atoms with E-state index in [9.17, 15) is 13.2 Å². The van der Waals surface area contributed by atoms with Crippen LogP contribution in [0.2, 0.25) is 0 Å². The van der Waals surface area contributed by atoms with Crippen molar-refractivity contribution in [1.82, 2.24) is 4.31 Å². The number of methoxy groups -OCH3 is 1. The Kier molecular flexibility index (Phi) is 6.76. The number of carbonyl (C=O) groups is 1. The van der Waals surface area contributed by atoms with E-state index in [0.29, 0.717) is 36.2 Å². The summed E-state index contributed by atoms with van der Waals surface area (Å²) in [6.07, 6.45) is 1.75. The van der Waals surface area contributed by atoms with Gasteiger partial charge in [0.2, 0.25) is 10.0 Å². The standard InChI is InChI=1S/C21H26N2O5S/c1-16-11-13-23(14-12-16)29(25,26)20-9-3-17(4-10-20)22-21(24)15-28-19-7-5-18(27-2)6-8-19/h3-10,16H,11-15H2,1-2H3,(H,22,24). The Balaban J connectivity index is 1.54. The van der Waals surface area contributed by atoms with E-state index in [2.05, 4.69) is 12.2 Å². The highest BCUT2D eigenvalue weighted by Crippen LogP contribution is 2.24. The van der Waals surface area contributed by atoms with Gasteiger partial charge in [-0.1, -0.05) is 6.92 Å². The van der Waals surface area contributed by atoms with Crippen molar-refractivity contribution < 1.29 is 22.7 Å². The van der Waals surface area contributed by atoms with Gasteiger partial charge in [0.1, 0.15) is 11.5 Å². The maximum atomic E-state index is 12.7. The van der Waals surface area contributed by atoms with E-state index < -0.39 is 10.0 Å². The first-order valence-corrected chi connectivity index (χ1v) is 11.0. The minimum Gasteiger partial charge on any atom is -0.497 e. The van der Waals surface area contributed by atoms with Crippen LogP contribution in [0.25, 0.3) is 0 Å². The van der Waals surface area contributed by atoms with Gasteiger partial charge in [0.15, 0.2) is 6.61 Å². The molecule has 7 nitrogen and oxygen atoms in total. The first kappa shape index (κ1) is 21.1. The SMILES string of the molecule is COc1ccc(OCC(=O)Nc2ccc(S(=O)(=O)N3CCC(C)CC3)cc2)cc1. The van der Waals surface area contributed by atoms with Crippen LogP contribution < -0.4 is 14.8 Å². The molecule has 1 aliphatic rings. The second-order valence-corrected chi connectivity index (χ2v) is 9.06. The Morgan fingerprint density at radius 1 is 1.03 bits per heavy atom. The number of amides is 1. The average molecular weight is 419 g/mol. The van der Waals surface area contributed by atoms with Crippen molar-refractivity contribution >= 4 is 21.6 Å². The second kappa shape index (κ2) is 9.28. The Morgan fingerprint density at radius 3 is 2.21 bits per heavy atom. The van der Waals surface area contributed by atoms with Gasteiger partial charge in [-0.25, -0.2) is 8.42 Å².